The van der Waals surface area contributed by atoms with Crippen molar-refractivity contribution in [3.63, 3.8) is 0 Å². The van der Waals surface area contributed by atoms with Gasteiger partial charge < -0.3 is 10.6 Å². The van der Waals surface area contributed by atoms with Gasteiger partial charge in [-0.3, -0.25) is 4.79 Å². The molecule has 2 rings (SSSR count). The van der Waals surface area contributed by atoms with Crippen LogP contribution in [-0.4, -0.2) is 33.3 Å². The largest absolute Gasteiger partial charge is 0.370 e. The number of anilines is 1. The zero-order chi connectivity index (χ0) is 11.5. The number of benzene rings is 1. The Labute approximate surface area is 97.0 Å². The van der Waals surface area contributed by atoms with Crippen molar-refractivity contribution >= 4 is 25.3 Å². The lowest BCUT2D eigenvalue weighted by atomic mass is 9.90. The first kappa shape index (κ1) is 11.2. The molecule has 0 amide bonds. The molecule has 1 aliphatic rings. The number of nitrogens with two attached hydrogens (primary N) is 1. The molecule has 0 unspecified atom stereocenters. The Kier molecular flexibility index (Phi) is 3.29. The molecule has 4 heteroatoms. The van der Waals surface area contributed by atoms with Crippen LogP contribution >= 0.6 is 0 Å². The van der Waals surface area contributed by atoms with Crippen molar-refractivity contribution < 1.29 is 4.79 Å². The minimum Gasteiger partial charge on any atom is -0.370 e. The van der Waals surface area contributed by atoms with Crippen LogP contribution in [0.5, 0.6) is 0 Å². The third kappa shape index (κ3) is 2.12. The Bertz CT molecular complexity index is 395. The predicted octanol–water partition coefficient (Wildman–Crippen LogP) is -0.315. The molecule has 2 N–H and O–H groups in total. The van der Waals surface area contributed by atoms with Crippen LogP contribution in [0.4, 0.5) is 5.69 Å². The van der Waals surface area contributed by atoms with E-state index in [9.17, 15) is 4.79 Å². The number of aldehydes is 1. The molecule has 1 heterocycles. The Morgan fingerprint density at radius 2 is 2.31 bits per heavy atom. The van der Waals surface area contributed by atoms with Crippen molar-refractivity contribution in [3.8, 4) is 0 Å². The number of carbonyl (C=O) groups is 1. The maximum Gasteiger partial charge on any atom is 0.152 e. The normalized spacial score (nSPS) is 20.8. The molecule has 0 radical (unpaired) electrons. The van der Waals surface area contributed by atoms with Crippen molar-refractivity contribution in [2.45, 2.75) is 18.9 Å². The molecule has 1 atom stereocenters. The summed E-state index contributed by atoms with van der Waals surface area (Å²) in [5.74, 6) is 0. The standard InChI is InChI=1S/C12H17BN2O/c13-11-5-1-3-9(8-16)12(11)15-6-2-4-10(14)7-15/h1,3,5,8,10H,2,4,6-7,13-14H2/t10-/m1/s1. The van der Waals surface area contributed by atoms with E-state index in [0.29, 0.717) is 0 Å². The number of para-hydroxylation sites is 1. The second-order valence-corrected chi connectivity index (χ2v) is 4.48. The summed E-state index contributed by atoms with van der Waals surface area (Å²) in [7, 11) is 2.04. The number of hydrogen-bond acceptors (Lipinski definition) is 3. The van der Waals surface area contributed by atoms with Gasteiger partial charge in [-0.1, -0.05) is 17.6 Å². The topological polar surface area (TPSA) is 46.3 Å². The minimum absolute atomic E-state index is 0.229. The van der Waals surface area contributed by atoms with E-state index in [1.54, 1.807) is 0 Å². The first-order valence-electron chi connectivity index (χ1n) is 5.77. The average Bonchev–Trinajstić information content (AvgIpc) is 2.28. The van der Waals surface area contributed by atoms with Crippen LogP contribution in [0.15, 0.2) is 18.2 Å². The Balaban J connectivity index is 2.34. The van der Waals surface area contributed by atoms with Gasteiger partial charge in [0, 0.05) is 30.4 Å². The van der Waals surface area contributed by atoms with Crippen LogP contribution in [0, 0.1) is 0 Å². The summed E-state index contributed by atoms with van der Waals surface area (Å²) in [5, 5.41) is 0. The molecule has 0 saturated carbocycles. The van der Waals surface area contributed by atoms with Crippen LogP contribution in [0.25, 0.3) is 0 Å². The molecule has 1 saturated heterocycles. The quantitative estimate of drug-likeness (QED) is 0.544. The fraction of sp³-hybridized carbons (Fsp3) is 0.417. The Hall–Kier alpha value is -1.29. The molecule has 0 bridgehead atoms. The SMILES string of the molecule is Bc1cccc(C=O)c1N1CCC[C@@H](N)C1. The van der Waals surface area contributed by atoms with Crippen molar-refractivity contribution in [1.82, 2.24) is 0 Å². The van der Waals surface area contributed by atoms with Crippen molar-refractivity contribution in [1.29, 1.82) is 0 Å². The number of carbonyl (C=O) groups excluding carboxylic acids is 1. The number of piperidine rings is 1. The molecular formula is C12H17BN2O. The Morgan fingerprint density at radius 3 is 3.00 bits per heavy atom. The first-order chi connectivity index (χ1) is 7.72. The molecule has 3 nitrogen and oxygen atoms in total. The molecule has 1 aliphatic heterocycles. The van der Waals surface area contributed by atoms with Gasteiger partial charge in [0.15, 0.2) is 6.29 Å². The van der Waals surface area contributed by atoms with Crippen LogP contribution in [-0.2, 0) is 0 Å². The van der Waals surface area contributed by atoms with E-state index in [1.165, 1.54) is 0 Å². The van der Waals surface area contributed by atoms with Crippen molar-refractivity contribution in [3.05, 3.63) is 23.8 Å². The van der Waals surface area contributed by atoms with Crippen LogP contribution in [0.1, 0.15) is 23.2 Å². The highest BCUT2D eigenvalue weighted by Crippen LogP contribution is 2.20. The molecule has 84 valence electrons. The van der Waals surface area contributed by atoms with Crippen LogP contribution < -0.4 is 16.1 Å². The van der Waals surface area contributed by atoms with Gasteiger partial charge >= 0.3 is 0 Å². The number of nitrogens with zero attached hydrogens (tertiary/aromatic N) is 1. The Morgan fingerprint density at radius 1 is 1.50 bits per heavy atom. The zero-order valence-corrected chi connectivity index (χ0v) is 9.65. The number of hydrogen-bond donors (Lipinski definition) is 1. The summed E-state index contributed by atoms with van der Waals surface area (Å²) < 4.78 is 0. The highest BCUT2D eigenvalue weighted by molar-refractivity contribution is 6.36. The second-order valence-electron chi connectivity index (χ2n) is 4.48. The van der Waals surface area contributed by atoms with Crippen LogP contribution in [0.3, 0.4) is 0 Å². The highest BCUT2D eigenvalue weighted by atomic mass is 16.1. The second kappa shape index (κ2) is 4.70. The van der Waals surface area contributed by atoms with E-state index < -0.39 is 0 Å². The summed E-state index contributed by atoms with van der Waals surface area (Å²) in [6.45, 7) is 1.85. The lowest BCUT2D eigenvalue weighted by Gasteiger charge is -2.34. The molecule has 1 aromatic carbocycles. The molecule has 0 aliphatic carbocycles. The van der Waals surface area contributed by atoms with Crippen LogP contribution in [0.2, 0.25) is 0 Å². The number of rotatable bonds is 2. The maximum atomic E-state index is 11.0. The molecule has 0 aromatic heterocycles. The zero-order valence-electron chi connectivity index (χ0n) is 9.65. The van der Waals surface area contributed by atoms with Gasteiger partial charge in [0.1, 0.15) is 7.85 Å². The smallest absolute Gasteiger partial charge is 0.152 e. The molecule has 1 aromatic rings. The van der Waals surface area contributed by atoms with Gasteiger partial charge in [-0.05, 0) is 18.9 Å². The van der Waals surface area contributed by atoms with Gasteiger partial charge in [0.25, 0.3) is 0 Å². The minimum atomic E-state index is 0.229. The third-order valence-corrected chi connectivity index (χ3v) is 3.17. The highest BCUT2D eigenvalue weighted by Gasteiger charge is 2.20. The maximum absolute atomic E-state index is 11.0. The van der Waals surface area contributed by atoms with E-state index in [4.69, 9.17) is 5.73 Å². The monoisotopic (exact) mass is 216 g/mol. The molecule has 16 heavy (non-hydrogen) atoms. The van der Waals surface area contributed by atoms with E-state index >= 15 is 0 Å². The van der Waals surface area contributed by atoms with E-state index in [1.807, 2.05) is 26.0 Å². The summed E-state index contributed by atoms with van der Waals surface area (Å²) >= 11 is 0. The van der Waals surface area contributed by atoms with Gasteiger partial charge in [-0.25, -0.2) is 0 Å². The van der Waals surface area contributed by atoms with E-state index in [-0.39, 0.29) is 6.04 Å². The summed E-state index contributed by atoms with van der Waals surface area (Å²) in [5.41, 5.74) is 8.96. The summed E-state index contributed by atoms with van der Waals surface area (Å²) in [4.78, 5) is 13.3. The third-order valence-electron chi connectivity index (χ3n) is 3.17. The van der Waals surface area contributed by atoms with Gasteiger partial charge in [-0.2, -0.15) is 0 Å². The van der Waals surface area contributed by atoms with Crippen molar-refractivity contribution in [2.75, 3.05) is 18.0 Å². The van der Waals surface area contributed by atoms with Gasteiger partial charge in [0.2, 0.25) is 0 Å². The predicted molar refractivity (Wildman–Crippen MR) is 69.4 cm³/mol. The fourth-order valence-electron chi connectivity index (χ4n) is 2.42. The lowest BCUT2D eigenvalue weighted by molar-refractivity contribution is 0.112. The van der Waals surface area contributed by atoms with E-state index in [2.05, 4.69) is 4.90 Å². The van der Waals surface area contributed by atoms with E-state index in [0.717, 1.165) is 48.9 Å². The van der Waals surface area contributed by atoms with Gasteiger partial charge in [0.05, 0.1) is 0 Å². The first-order valence-corrected chi connectivity index (χ1v) is 5.77. The molecule has 1 fully saturated rings. The lowest BCUT2D eigenvalue weighted by Crippen LogP contribution is -2.44. The van der Waals surface area contributed by atoms with Crippen molar-refractivity contribution in [2.24, 2.45) is 5.73 Å². The molecule has 0 spiro atoms. The fourth-order valence-corrected chi connectivity index (χ4v) is 2.42. The average molecular weight is 216 g/mol. The summed E-state index contributed by atoms with van der Waals surface area (Å²) in [6.07, 6.45) is 3.12. The molecular weight excluding hydrogens is 199 g/mol. The van der Waals surface area contributed by atoms with Gasteiger partial charge in [-0.15, -0.1) is 0 Å². The summed E-state index contributed by atoms with van der Waals surface area (Å²) in [6, 6.07) is 6.07.